The predicted octanol–water partition coefficient (Wildman–Crippen LogP) is 0.296. The lowest BCUT2D eigenvalue weighted by atomic mass is 10.0. The Bertz CT molecular complexity index is 898. The first-order valence-electron chi connectivity index (χ1n) is 7.27. The van der Waals surface area contributed by atoms with Gasteiger partial charge in [0.25, 0.3) is 5.91 Å². The van der Waals surface area contributed by atoms with E-state index in [0.29, 0.717) is 24.0 Å². The number of nitrogens with zero attached hydrogens (tertiary/aromatic N) is 1. The fourth-order valence-corrected chi connectivity index (χ4v) is 2.85. The Morgan fingerprint density at radius 3 is 2.48 bits per heavy atom. The third-order valence-electron chi connectivity index (χ3n) is 4.02. The van der Waals surface area contributed by atoms with E-state index in [0.717, 1.165) is 12.8 Å². The number of fused-ring (bicyclic) bond motifs is 1. The van der Waals surface area contributed by atoms with Gasteiger partial charge in [-0.25, -0.2) is 4.79 Å². The van der Waals surface area contributed by atoms with E-state index in [2.05, 4.69) is 9.97 Å². The smallest absolute Gasteiger partial charge is 0.326 e. The number of aromatic nitrogens is 2. The van der Waals surface area contributed by atoms with Crippen molar-refractivity contribution in [2.45, 2.75) is 25.3 Å². The number of carboxylic acid groups (broad SMARTS) is 1. The minimum atomic E-state index is -1.02. The summed E-state index contributed by atoms with van der Waals surface area (Å²) >= 11 is 0. The zero-order chi connectivity index (χ0) is 16.6. The molecule has 1 unspecified atom stereocenters. The van der Waals surface area contributed by atoms with E-state index in [1.165, 1.54) is 23.1 Å². The summed E-state index contributed by atoms with van der Waals surface area (Å²) in [5.41, 5.74) is -0.570. The van der Waals surface area contributed by atoms with Gasteiger partial charge in [-0.15, -0.1) is 0 Å². The predicted molar refractivity (Wildman–Crippen MR) is 81.5 cm³/mol. The highest BCUT2D eigenvalue weighted by Gasteiger charge is 2.32. The number of piperidine rings is 1. The molecule has 1 fully saturated rings. The molecule has 2 aromatic rings. The maximum Gasteiger partial charge on any atom is 0.326 e. The van der Waals surface area contributed by atoms with Crippen molar-refractivity contribution in [2.24, 2.45) is 0 Å². The fraction of sp³-hybridized carbons (Fsp3) is 0.333. The summed E-state index contributed by atoms with van der Waals surface area (Å²) < 4.78 is 0. The molecule has 0 spiro atoms. The Morgan fingerprint density at radius 2 is 1.78 bits per heavy atom. The van der Waals surface area contributed by atoms with Crippen molar-refractivity contribution in [3.05, 3.63) is 44.5 Å². The van der Waals surface area contributed by atoms with Crippen LogP contribution in [0.3, 0.4) is 0 Å². The van der Waals surface area contributed by atoms with Gasteiger partial charge in [-0.1, -0.05) is 0 Å². The highest BCUT2D eigenvalue weighted by atomic mass is 16.4. The van der Waals surface area contributed by atoms with Crippen LogP contribution in [-0.4, -0.2) is 44.4 Å². The lowest BCUT2D eigenvalue weighted by Crippen LogP contribution is -2.48. The number of nitrogens with one attached hydrogen (secondary N) is 2. The van der Waals surface area contributed by atoms with Crippen molar-refractivity contribution in [2.75, 3.05) is 6.54 Å². The van der Waals surface area contributed by atoms with Crippen LogP contribution < -0.4 is 11.1 Å². The first kappa shape index (κ1) is 15.0. The summed E-state index contributed by atoms with van der Waals surface area (Å²) in [7, 11) is 0. The van der Waals surface area contributed by atoms with Crippen LogP contribution in [0.25, 0.3) is 11.0 Å². The third-order valence-corrected chi connectivity index (χ3v) is 4.02. The van der Waals surface area contributed by atoms with Crippen LogP contribution in [0.5, 0.6) is 0 Å². The topological polar surface area (TPSA) is 123 Å². The molecule has 0 saturated carbocycles. The van der Waals surface area contributed by atoms with E-state index in [4.69, 9.17) is 0 Å². The molecular weight excluding hydrogens is 302 g/mol. The van der Waals surface area contributed by atoms with E-state index < -0.39 is 29.0 Å². The van der Waals surface area contributed by atoms with Gasteiger partial charge < -0.3 is 20.0 Å². The van der Waals surface area contributed by atoms with Gasteiger partial charge in [0.1, 0.15) is 6.04 Å². The van der Waals surface area contributed by atoms with Crippen LogP contribution in [0.1, 0.15) is 29.6 Å². The second-order valence-electron chi connectivity index (χ2n) is 5.52. The number of amides is 1. The largest absolute Gasteiger partial charge is 0.480 e. The number of carbonyl (C=O) groups excluding carboxylic acids is 1. The van der Waals surface area contributed by atoms with Gasteiger partial charge in [-0.3, -0.25) is 14.4 Å². The van der Waals surface area contributed by atoms with Crippen LogP contribution in [0, 0.1) is 0 Å². The average molecular weight is 317 g/mol. The van der Waals surface area contributed by atoms with Gasteiger partial charge in [0.15, 0.2) is 0 Å². The van der Waals surface area contributed by atoms with Gasteiger partial charge in [-0.05, 0) is 37.5 Å². The Balaban J connectivity index is 2.00. The average Bonchev–Trinajstić information content (AvgIpc) is 2.55. The summed E-state index contributed by atoms with van der Waals surface area (Å²) in [6.07, 6.45) is 1.96. The molecule has 1 aliphatic rings. The molecule has 3 N–H and O–H groups in total. The molecule has 8 heteroatoms. The summed E-state index contributed by atoms with van der Waals surface area (Å²) in [5, 5.41) is 9.26. The quantitative estimate of drug-likeness (QED) is 0.687. The highest BCUT2D eigenvalue weighted by Crippen LogP contribution is 2.21. The summed E-state index contributed by atoms with van der Waals surface area (Å²) in [4.78, 5) is 52.7. The van der Waals surface area contributed by atoms with E-state index in [-0.39, 0.29) is 5.56 Å². The zero-order valence-corrected chi connectivity index (χ0v) is 12.2. The van der Waals surface area contributed by atoms with Crippen LogP contribution in [0.2, 0.25) is 0 Å². The Hall–Kier alpha value is -2.90. The number of H-pyrrole nitrogens is 2. The van der Waals surface area contributed by atoms with E-state index in [9.17, 15) is 24.3 Å². The normalized spacial score (nSPS) is 18.1. The number of aromatic amines is 2. The first-order valence-corrected chi connectivity index (χ1v) is 7.27. The lowest BCUT2D eigenvalue weighted by Gasteiger charge is -2.33. The van der Waals surface area contributed by atoms with Crippen LogP contribution >= 0.6 is 0 Å². The summed E-state index contributed by atoms with van der Waals surface area (Å²) in [6, 6.07) is 3.63. The molecular formula is C15H15N3O5. The minimum Gasteiger partial charge on any atom is -0.480 e. The first-order chi connectivity index (χ1) is 11.0. The van der Waals surface area contributed by atoms with Crippen molar-refractivity contribution in [1.82, 2.24) is 14.9 Å². The SMILES string of the molecule is O=C(O)C1CCCCN1C(=O)c1ccc2[nH]c(=O)c(=O)[nH]c2c1. The van der Waals surface area contributed by atoms with Gasteiger partial charge in [0.05, 0.1) is 11.0 Å². The third kappa shape index (κ3) is 2.75. The molecule has 0 aliphatic carbocycles. The molecule has 0 radical (unpaired) electrons. The Kier molecular flexibility index (Phi) is 3.73. The standard InChI is InChI=1S/C15H15N3O5/c19-12-13(20)17-10-7-8(4-5-9(10)16-12)14(21)18-6-2-1-3-11(18)15(22)23/h4-5,7,11H,1-3,6H2,(H,16,19)(H,17,20)(H,22,23). The van der Waals surface area contributed by atoms with Crippen LogP contribution in [0.4, 0.5) is 0 Å². The molecule has 1 aromatic heterocycles. The molecule has 1 aliphatic heterocycles. The maximum atomic E-state index is 12.6. The maximum absolute atomic E-state index is 12.6. The lowest BCUT2D eigenvalue weighted by molar-refractivity contribution is -0.143. The van der Waals surface area contributed by atoms with Crippen molar-refractivity contribution < 1.29 is 14.7 Å². The molecule has 8 nitrogen and oxygen atoms in total. The van der Waals surface area contributed by atoms with E-state index >= 15 is 0 Å². The Morgan fingerprint density at radius 1 is 1.09 bits per heavy atom. The molecule has 1 amide bonds. The number of carbonyl (C=O) groups is 2. The number of hydrogen-bond acceptors (Lipinski definition) is 4. The van der Waals surface area contributed by atoms with Crippen molar-refractivity contribution >= 4 is 22.9 Å². The Labute approximate surface area is 129 Å². The van der Waals surface area contributed by atoms with Gasteiger partial charge in [0.2, 0.25) is 0 Å². The number of likely N-dealkylation sites (tertiary alicyclic amines) is 1. The van der Waals surface area contributed by atoms with E-state index in [1.807, 2.05) is 0 Å². The molecule has 2 heterocycles. The monoisotopic (exact) mass is 317 g/mol. The molecule has 1 saturated heterocycles. The summed E-state index contributed by atoms with van der Waals surface area (Å²) in [6.45, 7) is 0.385. The number of rotatable bonds is 2. The molecule has 3 rings (SSSR count). The van der Waals surface area contributed by atoms with Gasteiger partial charge in [-0.2, -0.15) is 0 Å². The van der Waals surface area contributed by atoms with Gasteiger partial charge in [0, 0.05) is 12.1 Å². The second kappa shape index (κ2) is 5.71. The number of benzene rings is 1. The van der Waals surface area contributed by atoms with Crippen molar-refractivity contribution in [3.8, 4) is 0 Å². The van der Waals surface area contributed by atoms with Crippen LogP contribution in [0.15, 0.2) is 27.8 Å². The molecule has 120 valence electrons. The highest BCUT2D eigenvalue weighted by molar-refractivity contribution is 5.99. The van der Waals surface area contributed by atoms with Crippen molar-refractivity contribution in [3.63, 3.8) is 0 Å². The second-order valence-corrected chi connectivity index (χ2v) is 5.52. The van der Waals surface area contributed by atoms with E-state index in [1.54, 1.807) is 0 Å². The molecule has 1 atom stereocenters. The summed E-state index contributed by atoms with van der Waals surface area (Å²) in [5.74, 6) is -1.41. The minimum absolute atomic E-state index is 0.272. The number of hydrogen-bond donors (Lipinski definition) is 3. The molecule has 23 heavy (non-hydrogen) atoms. The van der Waals surface area contributed by atoms with Crippen molar-refractivity contribution in [1.29, 1.82) is 0 Å². The van der Waals surface area contributed by atoms with Gasteiger partial charge >= 0.3 is 17.1 Å². The fourth-order valence-electron chi connectivity index (χ4n) is 2.85. The number of carboxylic acids is 1. The zero-order valence-electron chi connectivity index (χ0n) is 12.2. The number of aliphatic carboxylic acids is 1. The van der Waals surface area contributed by atoms with Crippen LogP contribution in [-0.2, 0) is 4.79 Å². The molecule has 1 aromatic carbocycles. The molecule has 0 bridgehead atoms.